The van der Waals surface area contributed by atoms with Crippen molar-refractivity contribution in [3.63, 3.8) is 0 Å². The lowest BCUT2D eigenvalue weighted by Gasteiger charge is -2.36. The molecule has 0 radical (unpaired) electrons. The molecule has 37 heavy (non-hydrogen) atoms. The van der Waals surface area contributed by atoms with E-state index in [4.69, 9.17) is 0 Å². The molecule has 1 saturated heterocycles. The average molecular weight is 518 g/mol. The largest absolute Gasteiger partial charge is 0.433 e. The quantitative estimate of drug-likeness (QED) is 0.477. The molecule has 0 N–H and O–H groups in total. The summed E-state index contributed by atoms with van der Waals surface area (Å²) in [6, 6.07) is 9.28. The first kappa shape index (κ1) is 27.4. The fourth-order valence-corrected chi connectivity index (χ4v) is 4.97. The molecule has 0 atom stereocenters. The molecule has 9 heteroatoms. The number of unbranched alkanes of at least 4 members (excludes halogenated alkanes) is 1. The summed E-state index contributed by atoms with van der Waals surface area (Å²) in [5, 5.41) is 0. The Bertz CT molecular complexity index is 1040. The van der Waals surface area contributed by atoms with E-state index >= 15 is 0 Å². The average Bonchev–Trinajstić information content (AvgIpc) is 3.08. The van der Waals surface area contributed by atoms with Crippen LogP contribution in [0.3, 0.4) is 0 Å². The Morgan fingerprint density at radius 1 is 0.946 bits per heavy atom. The molecule has 3 heterocycles. The number of hydrogen-bond acceptors (Lipinski definition) is 5. The van der Waals surface area contributed by atoms with Gasteiger partial charge in [-0.1, -0.05) is 39.0 Å². The van der Waals surface area contributed by atoms with Gasteiger partial charge in [0.25, 0.3) is 0 Å². The van der Waals surface area contributed by atoms with Crippen molar-refractivity contribution in [2.24, 2.45) is 0 Å². The number of piperazine rings is 1. The van der Waals surface area contributed by atoms with Gasteiger partial charge in [-0.25, -0.2) is 9.97 Å². The fraction of sp³-hybridized carbons (Fsp3) is 0.607. The standard InChI is InChI=1S/C28H38F3N5O/c1-27(2,3)26-32-23(28(29,30)31)20-24(33-26)35-18-16-34(17-19-35)14-8-7-13-25(37)36-15-9-6-11-21-10-4-5-12-22(21)36/h4-5,10,12,20H,6-9,11,13-19H2,1-3H3. The molecule has 1 aromatic carbocycles. The molecule has 0 spiro atoms. The van der Waals surface area contributed by atoms with Gasteiger partial charge in [-0.2, -0.15) is 13.2 Å². The van der Waals surface area contributed by atoms with Crippen LogP contribution in [0.5, 0.6) is 0 Å². The summed E-state index contributed by atoms with van der Waals surface area (Å²) >= 11 is 0. The minimum atomic E-state index is -4.51. The molecule has 202 valence electrons. The molecule has 1 amide bonds. The highest BCUT2D eigenvalue weighted by molar-refractivity contribution is 5.94. The van der Waals surface area contributed by atoms with Gasteiger partial charge in [0.1, 0.15) is 17.3 Å². The monoisotopic (exact) mass is 517 g/mol. The molecule has 2 aliphatic rings. The van der Waals surface area contributed by atoms with Crippen molar-refractivity contribution in [2.75, 3.05) is 49.1 Å². The van der Waals surface area contributed by atoms with Crippen LogP contribution in [0.15, 0.2) is 30.3 Å². The second-order valence-corrected chi connectivity index (χ2v) is 11.1. The third kappa shape index (κ3) is 7.00. The second-order valence-electron chi connectivity index (χ2n) is 11.1. The summed E-state index contributed by atoms with van der Waals surface area (Å²) in [5.74, 6) is 0.740. The van der Waals surface area contributed by atoms with Crippen LogP contribution in [0.1, 0.15) is 70.0 Å². The van der Waals surface area contributed by atoms with Gasteiger partial charge in [0.2, 0.25) is 5.91 Å². The number of fused-ring (bicyclic) bond motifs is 1. The van der Waals surface area contributed by atoms with E-state index in [1.54, 1.807) is 0 Å². The van der Waals surface area contributed by atoms with E-state index in [0.29, 0.717) is 25.3 Å². The Labute approximate surface area is 217 Å². The smallest absolute Gasteiger partial charge is 0.354 e. The molecule has 0 unspecified atom stereocenters. The van der Waals surface area contributed by atoms with Crippen LogP contribution in [0.2, 0.25) is 0 Å². The van der Waals surface area contributed by atoms with Gasteiger partial charge >= 0.3 is 6.18 Å². The van der Waals surface area contributed by atoms with Gasteiger partial charge in [-0.15, -0.1) is 0 Å². The lowest BCUT2D eigenvalue weighted by atomic mass is 9.95. The first-order chi connectivity index (χ1) is 17.5. The van der Waals surface area contributed by atoms with Gasteiger partial charge in [0, 0.05) is 56.3 Å². The molecule has 2 aliphatic heterocycles. The Hall–Kier alpha value is -2.68. The number of aromatic nitrogens is 2. The fourth-order valence-electron chi connectivity index (χ4n) is 4.97. The Kier molecular flexibility index (Phi) is 8.41. The van der Waals surface area contributed by atoms with Crippen molar-refractivity contribution in [3.8, 4) is 0 Å². The van der Waals surface area contributed by atoms with Crippen molar-refractivity contribution in [1.29, 1.82) is 0 Å². The molecule has 0 bridgehead atoms. The number of hydrogen-bond donors (Lipinski definition) is 0. The van der Waals surface area contributed by atoms with Crippen molar-refractivity contribution >= 4 is 17.4 Å². The summed E-state index contributed by atoms with van der Waals surface area (Å²) in [6.07, 6.45) is 0.928. The molecular weight excluding hydrogens is 479 g/mol. The number of carbonyl (C=O) groups is 1. The summed E-state index contributed by atoms with van der Waals surface area (Å²) < 4.78 is 40.4. The van der Waals surface area contributed by atoms with E-state index in [1.807, 2.05) is 42.7 Å². The second kappa shape index (κ2) is 11.4. The van der Waals surface area contributed by atoms with E-state index in [-0.39, 0.29) is 11.7 Å². The lowest BCUT2D eigenvalue weighted by Crippen LogP contribution is -2.47. The molecule has 4 rings (SSSR count). The summed E-state index contributed by atoms with van der Waals surface area (Å²) in [5.41, 5.74) is 0.854. The van der Waals surface area contributed by atoms with E-state index in [0.717, 1.165) is 70.0 Å². The maximum atomic E-state index is 13.5. The predicted molar refractivity (Wildman–Crippen MR) is 140 cm³/mol. The number of nitrogens with zero attached hydrogens (tertiary/aromatic N) is 5. The topological polar surface area (TPSA) is 52.6 Å². The Morgan fingerprint density at radius 2 is 1.68 bits per heavy atom. The van der Waals surface area contributed by atoms with Crippen molar-refractivity contribution < 1.29 is 18.0 Å². The number of halogens is 3. The lowest BCUT2D eigenvalue weighted by molar-refractivity contribution is -0.141. The molecule has 2 aromatic rings. The third-order valence-electron chi connectivity index (χ3n) is 7.15. The van der Waals surface area contributed by atoms with E-state index in [2.05, 4.69) is 27.0 Å². The van der Waals surface area contributed by atoms with Gasteiger partial charge < -0.3 is 9.80 Å². The van der Waals surface area contributed by atoms with Gasteiger partial charge in [-0.05, 0) is 50.3 Å². The van der Waals surface area contributed by atoms with Crippen LogP contribution in [-0.4, -0.2) is 60.0 Å². The van der Waals surface area contributed by atoms with Crippen LogP contribution in [-0.2, 0) is 22.8 Å². The number of benzene rings is 1. The molecule has 0 aliphatic carbocycles. The van der Waals surface area contributed by atoms with Gasteiger partial charge in [0.15, 0.2) is 0 Å². The van der Waals surface area contributed by atoms with Crippen LogP contribution >= 0.6 is 0 Å². The van der Waals surface area contributed by atoms with Crippen LogP contribution in [0.25, 0.3) is 0 Å². The van der Waals surface area contributed by atoms with Gasteiger partial charge in [0.05, 0.1) is 0 Å². The number of aryl methyl sites for hydroxylation is 1. The number of amides is 1. The van der Waals surface area contributed by atoms with Crippen LogP contribution < -0.4 is 9.80 Å². The number of carbonyl (C=O) groups excluding carboxylic acids is 1. The predicted octanol–water partition coefficient (Wildman–Crippen LogP) is 5.45. The minimum absolute atomic E-state index is 0.193. The van der Waals surface area contributed by atoms with Gasteiger partial charge in [-0.3, -0.25) is 9.69 Å². The number of para-hydroxylation sites is 1. The Balaban J connectivity index is 1.27. The molecule has 0 saturated carbocycles. The molecule has 1 fully saturated rings. The highest BCUT2D eigenvalue weighted by atomic mass is 19.4. The van der Waals surface area contributed by atoms with Crippen molar-refractivity contribution in [1.82, 2.24) is 14.9 Å². The molecule has 6 nitrogen and oxygen atoms in total. The number of rotatable bonds is 6. The van der Waals surface area contributed by atoms with E-state index in [1.165, 1.54) is 5.56 Å². The minimum Gasteiger partial charge on any atom is -0.354 e. The van der Waals surface area contributed by atoms with E-state index in [9.17, 15) is 18.0 Å². The number of alkyl halides is 3. The SMILES string of the molecule is CC(C)(C)c1nc(N2CCN(CCCCC(=O)N3CCCCc4ccccc43)CC2)cc(C(F)(F)F)n1. The van der Waals surface area contributed by atoms with Crippen molar-refractivity contribution in [2.45, 2.75) is 70.9 Å². The summed E-state index contributed by atoms with van der Waals surface area (Å²) in [6.45, 7) is 9.86. The third-order valence-corrected chi connectivity index (χ3v) is 7.15. The first-order valence-corrected chi connectivity index (χ1v) is 13.3. The number of anilines is 2. The van der Waals surface area contributed by atoms with Crippen molar-refractivity contribution in [3.05, 3.63) is 47.4 Å². The van der Waals surface area contributed by atoms with Crippen LogP contribution in [0, 0.1) is 0 Å². The summed E-state index contributed by atoms with van der Waals surface area (Å²) in [7, 11) is 0. The van der Waals surface area contributed by atoms with Crippen LogP contribution in [0.4, 0.5) is 24.7 Å². The summed E-state index contributed by atoms with van der Waals surface area (Å²) in [4.78, 5) is 27.5. The molecule has 1 aromatic heterocycles. The maximum absolute atomic E-state index is 13.5. The zero-order valence-electron chi connectivity index (χ0n) is 22.2. The highest BCUT2D eigenvalue weighted by Gasteiger charge is 2.36. The highest BCUT2D eigenvalue weighted by Crippen LogP contribution is 2.32. The van der Waals surface area contributed by atoms with E-state index < -0.39 is 17.3 Å². The molecular formula is C28H38F3N5O. The maximum Gasteiger partial charge on any atom is 0.433 e. The zero-order valence-corrected chi connectivity index (χ0v) is 22.2. The zero-order chi connectivity index (χ0) is 26.6. The first-order valence-electron chi connectivity index (χ1n) is 13.3. The Morgan fingerprint density at radius 3 is 2.38 bits per heavy atom. The normalized spacial score (nSPS) is 17.5.